The molecule has 3 N–H and O–H groups in total. The third kappa shape index (κ3) is 2.91. The summed E-state index contributed by atoms with van der Waals surface area (Å²) in [6.45, 7) is 1.71. The van der Waals surface area contributed by atoms with Crippen LogP contribution in [0.15, 0.2) is 24.3 Å². The van der Waals surface area contributed by atoms with Crippen molar-refractivity contribution in [2.75, 3.05) is 11.1 Å². The van der Waals surface area contributed by atoms with Gasteiger partial charge in [0.2, 0.25) is 5.06 Å². The van der Waals surface area contributed by atoms with Gasteiger partial charge in [-0.05, 0) is 19.1 Å². The number of rotatable bonds is 2. The number of para-hydroxylation sites is 1. The lowest BCUT2D eigenvalue weighted by atomic mass is 10.3. The number of benzene rings is 1. The minimum atomic E-state index is -0.630. The quantitative estimate of drug-likeness (QED) is 0.886. The molecule has 0 radical (unpaired) electrons. The van der Waals surface area contributed by atoms with Crippen molar-refractivity contribution in [3.8, 4) is 5.06 Å². The molecule has 0 unspecified atom stereocenters. The average Bonchev–Trinajstić information content (AvgIpc) is 2.61. The third-order valence-corrected chi connectivity index (χ3v) is 3.26. The molecule has 0 aliphatic rings. The molecule has 0 atom stereocenters. The molecule has 18 heavy (non-hydrogen) atoms. The maximum Gasteiger partial charge on any atom is 0.418 e. The summed E-state index contributed by atoms with van der Waals surface area (Å²) in [6, 6.07) is 6.88. The highest BCUT2D eigenvalue weighted by Gasteiger charge is 2.12. The molecule has 0 spiro atoms. The van der Waals surface area contributed by atoms with E-state index >= 15 is 0 Å². The topological polar surface area (TPSA) is 77.2 Å². The molecule has 2 rings (SSSR count). The van der Waals surface area contributed by atoms with Crippen LogP contribution in [0.3, 0.4) is 0 Å². The van der Waals surface area contributed by atoms with Crippen molar-refractivity contribution in [3.05, 3.63) is 35.0 Å². The Morgan fingerprint density at radius 2 is 2.22 bits per heavy atom. The van der Waals surface area contributed by atoms with Gasteiger partial charge in [-0.3, -0.25) is 5.32 Å². The van der Waals surface area contributed by atoms with Crippen LogP contribution in [0.5, 0.6) is 5.06 Å². The molecule has 1 aromatic carbocycles. The van der Waals surface area contributed by atoms with E-state index in [1.807, 2.05) is 0 Å². The number of nitrogens with zero attached hydrogens (tertiary/aromatic N) is 1. The number of aromatic nitrogens is 1. The largest absolute Gasteiger partial charge is 0.418 e. The summed E-state index contributed by atoms with van der Waals surface area (Å²) < 4.78 is 5.09. The molecule has 1 amide bonds. The highest BCUT2D eigenvalue weighted by Crippen LogP contribution is 2.28. The average molecular weight is 284 g/mol. The fraction of sp³-hybridized carbons (Fsp3) is 0.0909. The Labute approximate surface area is 113 Å². The second-order valence-electron chi connectivity index (χ2n) is 3.42. The summed E-state index contributed by atoms with van der Waals surface area (Å²) in [5, 5.41) is 3.71. The Kier molecular flexibility index (Phi) is 3.69. The number of carbonyl (C=O) groups excluding carboxylic acids is 1. The first-order valence-corrected chi connectivity index (χ1v) is 6.22. The van der Waals surface area contributed by atoms with Crippen LogP contribution in [0.25, 0.3) is 0 Å². The van der Waals surface area contributed by atoms with Crippen molar-refractivity contribution in [1.82, 2.24) is 4.98 Å². The van der Waals surface area contributed by atoms with Gasteiger partial charge in [0.05, 0.1) is 16.4 Å². The predicted molar refractivity (Wildman–Crippen MR) is 72.4 cm³/mol. The number of nitrogens with two attached hydrogens (primary N) is 1. The van der Waals surface area contributed by atoms with Gasteiger partial charge in [0, 0.05) is 0 Å². The van der Waals surface area contributed by atoms with Crippen molar-refractivity contribution in [2.45, 2.75) is 6.92 Å². The number of nitrogen functional groups attached to an aromatic ring is 1. The van der Waals surface area contributed by atoms with Crippen LogP contribution < -0.4 is 15.8 Å². The zero-order chi connectivity index (χ0) is 13.1. The molecule has 1 heterocycles. The van der Waals surface area contributed by atoms with Crippen LogP contribution in [0.1, 0.15) is 5.69 Å². The minimum Gasteiger partial charge on any atom is -0.397 e. The predicted octanol–water partition coefficient (Wildman–Crippen LogP) is 3.30. The van der Waals surface area contributed by atoms with Gasteiger partial charge in [0.1, 0.15) is 0 Å². The van der Waals surface area contributed by atoms with E-state index in [1.165, 1.54) is 0 Å². The molecule has 0 saturated heterocycles. The van der Waals surface area contributed by atoms with Crippen molar-refractivity contribution in [1.29, 1.82) is 0 Å². The SMILES string of the molecule is Cc1nc(N)sc1OC(=O)Nc1ccccc1Cl. The van der Waals surface area contributed by atoms with Crippen molar-refractivity contribution in [3.63, 3.8) is 0 Å². The molecule has 0 aliphatic carbocycles. The van der Waals surface area contributed by atoms with E-state index in [-0.39, 0.29) is 0 Å². The van der Waals surface area contributed by atoms with E-state index in [2.05, 4.69) is 10.3 Å². The van der Waals surface area contributed by atoms with E-state index in [4.69, 9.17) is 22.1 Å². The third-order valence-electron chi connectivity index (χ3n) is 2.07. The highest BCUT2D eigenvalue weighted by atomic mass is 35.5. The van der Waals surface area contributed by atoms with Crippen molar-refractivity contribution >= 4 is 39.8 Å². The molecule has 94 valence electrons. The van der Waals surface area contributed by atoms with Gasteiger partial charge in [0.25, 0.3) is 0 Å². The van der Waals surface area contributed by atoms with Gasteiger partial charge in [-0.15, -0.1) is 0 Å². The Morgan fingerprint density at radius 3 is 2.83 bits per heavy atom. The van der Waals surface area contributed by atoms with E-state index in [0.29, 0.717) is 26.6 Å². The number of hydrogen-bond acceptors (Lipinski definition) is 5. The molecule has 7 heteroatoms. The van der Waals surface area contributed by atoms with Crippen LogP contribution in [0.4, 0.5) is 15.6 Å². The first-order chi connectivity index (χ1) is 8.56. The van der Waals surface area contributed by atoms with E-state index < -0.39 is 6.09 Å². The van der Waals surface area contributed by atoms with Gasteiger partial charge >= 0.3 is 6.09 Å². The number of carbonyl (C=O) groups is 1. The smallest absolute Gasteiger partial charge is 0.397 e. The Morgan fingerprint density at radius 1 is 1.50 bits per heavy atom. The number of hydrogen-bond donors (Lipinski definition) is 2. The summed E-state index contributed by atoms with van der Waals surface area (Å²) >= 11 is 7.01. The van der Waals surface area contributed by atoms with Gasteiger partial charge < -0.3 is 10.5 Å². The maximum absolute atomic E-state index is 11.6. The molecule has 0 bridgehead atoms. The summed E-state index contributed by atoms with van der Waals surface area (Å²) in [4.78, 5) is 15.6. The number of nitrogens with one attached hydrogen (secondary N) is 1. The standard InChI is InChI=1S/C11H10ClN3O2S/c1-6-9(18-10(13)14-6)17-11(16)15-8-5-3-2-4-7(8)12/h2-5H,1H3,(H2,13,14)(H,15,16). The molecule has 2 aromatic rings. The van der Waals surface area contributed by atoms with Crippen LogP contribution in [0.2, 0.25) is 5.02 Å². The van der Waals surface area contributed by atoms with E-state index in [9.17, 15) is 4.79 Å². The van der Waals surface area contributed by atoms with Gasteiger partial charge in [-0.25, -0.2) is 9.78 Å². The molecule has 0 saturated carbocycles. The maximum atomic E-state index is 11.6. The lowest BCUT2D eigenvalue weighted by Gasteiger charge is -2.06. The molecular formula is C11H10ClN3O2S. The Hall–Kier alpha value is -1.79. The number of anilines is 2. The second-order valence-corrected chi connectivity index (χ2v) is 4.82. The summed E-state index contributed by atoms with van der Waals surface area (Å²) in [5.74, 6) is 0. The second kappa shape index (κ2) is 5.24. The summed E-state index contributed by atoms with van der Waals surface area (Å²) in [7, 11) is 0. The lowest BCUT2D eigenvalue weighted by Crippen LogP contribution is -2.16. The number of halogens is 1. The summed E-state index contributed by atoms with van der Waals surface area (Å²) in [5.41, 5.74) is 6.57. The zero-order valence-electron chi connectivity index (χ0n) is 9.44. The monoisotopic (exact) mass is 283 g/mol. The van der Waals surface area contributed by atoms with Crippen LogP contribution in [-0.4, -0.2) is 11.1 Å². The van der Waals surface area contributed by atoms with Gasteiger partial charge in [-0.1, -0.05) is 35.1 Å². The van der Waals surface area contributed by atoms with Crippen molar-refractivity contribution < 1.29 is 9.53 Å². The van der Waals surface area contributed by atoms with Gasteiger partial charge in [-0.2, -0.15) is 0 Å². The normalized spacial score (nSPS) is 10.1. The number of thiazole rings is 1. The Bertz CT molecular complexity index is 585. The van der Waals surface area contributed by atoms with Crippen LogP contribution in [-0.2, 0) is 0 Å². The van der Waals surface area contributed by atoms with E-state index in [1.54, 1.807) is 31.2 Å². The first-order valence-electron chi connectivity index (χ1n) is 5.02. The van der Waals surface area contributed by atoms with Gasteiger partial charge in [0.15, 0.2) is 5.13 Å². The number of amides is 1. The highest BCUT2D eigenvalue weighted by molar-refractivity contribution is 7.17. The van der Waals surface area contributed by atoms with Crippen molar-refractivity contribution in [2.24, 2.45) is 0 Å². The van der Waals surface area contributed by atoms with Crippen LogP contribution >= 0.6 is 22.9 Å². The molecular weight excluding hydrogens is 274 g/mol. The van der Waals surface area contributed by atoms with Crippen LogP contribution in [0, 0.1) is 6.92 Å². The minimum absolute atomic E-state index is 0.355. The zero-order valence-corrected chi connectivity index (χ0v) is 11.0. The Balaban J connectivity index is 2.06. The number of ether oxygens (including phenoxy) is 1. The first kappa shape index (κ1) is 12.7. The molecule has 1 aromatic heterocycles. The molecule has 5 nitrogen and oxygen atoms in total. The van der Waals surface area contributed by atoms with E-state index in [0.717, 1.165) is 11.3 Å². The molecule has 0 fully saturated rings. The summed E-state index contributed by atoms with van der Waals surface area (Å²) in [6.07, 6.45) is -0.630. The fourth-order valence-electron chi connectivity index (χ4n) is 1.28. The number of aryl methyl sites for hydroxylation is 1. The molecule has 0 aliphatic heterocycles. The fourth-order valence-corrected chi connectivity index (χ4v) is 2.15. The lowest BCUT2D eigenvalue weighted by molar-refractivity contribution is 0.216.